The van der Waals surface area contributed by atoms with Gasteiger partial charge in [-0.05, 0) is 19.8 Å². The van der Waals surface area contributed by atoms with Gasteiger partial charge >= 0.3 is 0 Å². The minimum absolute atomic E-state index is 0.542. The highest BCUT2D eigenvalue weighted by molar-refractivity contribution is 5.47. The highest BCUT2D eigenvalue weighted by Crippen LogP contribution is 2.33. The van der Waals surface area contributed by atoms with E-state index in [-0.39, 0.29) is 0 Å². The third-order valence-electron chi connectivity index (χ3n) is 3.38. The van der Waals surface area contributed by atoms with Crippen molar-refractivity contribution in [3.8, 4) is 0 Å². The largest absolute Gasteiger partial charge is 0.375 e. The Morgan fingerprint density at radius 1 is 0.944 bits per heavy atom. The molecule has 1 aromatic rings. The van der Waals surface area contributed by atoms with Gasteiger partial charge in [-0.1, -0.05) is 19.3 Å². The molecule has 0 aromatic carbocycles. The standard InChI is InChI=1S/C12H14F4N2/c1-12(5-3-2-4-6-12)18-9-7(13)10(15)17-11(16)8(9)14/h2-6H2,1H3,(H,17,18). The van der Waals surface area contributed by atoms with Crippen molar-refractivity contribution in [3.63, 3.8) is 0 Å². The van der Waals surface area contributed by atoms with Gasteiger partial charge in [-0.2, -0.15) is 22.5 Å². The van der Waals surface area contributed by atoms with Gasteiger partial charge in [0.1, 0.15) is 5.69 Å². The van der Waals surface area contributed by atoms with Gasteiger partial charge in [0.2, 0.25) is 11.6 Å². The first-order valence-electron chi connectivity index (χ1n) is 5.91. The lowest BCUT2D eigenvalue weighted by Gasteiger charge is -2.35. The van der Waals surface area contributed by atoms with E-state index in [1.54, 1.807) is 6.92 Å². The molecule has 1 fully saturated rings. The van der Waals surface area contributed by atoms with Gasteiger partial charge < -0.3 is 5.32 Å². The molecule has 1 aliphatic rings. The fraction of sp³-hybridized carbons (Fsp3) is 0.583. The van der Waals surface area contributed by atoms with Gasteiger partial charge in [0.05, 0.1) is 0 Å². The molecule has 0 radical (unpaired) electrons. The Labute approximate surface area is 102 Å². The molecule has 6 heteroatoms. The van der Waals surface area contributed by atoms with E-state index < -0.39 is 34.8 Å². The Bertz CT molecular complexity index is 430. The second kappa shape index (κ2) is 4.74. The van der Waals surface area contributed by atoms with Gasteiger partial charge in [0.15, 0.2) is 0 Å². The number of pyridine rings is 1. The van der Waals surface area contributed by atoms with Crippen molar-refractivity contribution in [2.75, 3.05) is 5.32 Å². The van der Waals surface area contributed by atoms with E-state index in [0.717, 1.165) is 19.3 Å². The summed E-state index contributed by atoms with van der Waals surface area (Å²) >= 11 is 0. The highest BCUT2D eigenvalue weighted by atomic mass is 19.2. The Morgan fingerprint density at radius 3 is 1.94 bits per heavy atom. The minimum atomic E-state index is -1.63. The maximum absolute atomic E-state index is 13.5. The van der Waals surface area contributed by atoms with Gasteiger partial charge in [0, 0.05) is 5.54 Å². The van der Waals surface area contributed by atoms with Crippen LogP contribution in [0.25, 0.3) is 0 Å². The molecule has 1 heterocycles. The van der Waals surface area contributed by atoms with Crippen molar-refractivity contribution in [1.82, 2.24) is 4.98 Å². The predicted molar refractivity (Wildman–Crippen MR) is 59.2 cm³/mol. The minimum Gasteiger partial charge on any atom is -0.375 e. The molecule has 1 aromatic heterocycles. The zero-order chi connectivity index (χ0) is 13.3. The molecular formula is C12H14F4N2. The van der Waals surface area contributed by atoms with Gasteiger partial charge in [-0.25, -0.2) is 0 Å². The lowest BCUT2D eigenvalue weighted by molar-refractivity contribution is 0.341. The average Bonchev–Trinajstić information content (AvgIpc) is 2.33. The van der Waals surface area contributed by atoms with Crippen molar-refractivity contribution >= 4 is 5.69 Å². The van der Waals surface area contributed by atoms with Crippen LogP contribution < -0.4 is 5.32 Å². The fourth-order valence-corrected chi connectivity index (χ4v) is 2.36. The van der Waals surface area contributed by atoms with Crippen LogP contribution in [0, 0.1) is 23.5 Å². The van der Waals surface area contributed by atoms with E-state index in [2.05, 4.69) is 10.3 Å². The summed E-state index contributed by atoms with van der Waals surface area (Å²) in [5.41, 5.74) is -1.30. The molecule has 0 amide bonds. The fourth-order valence-electron chi connectivity index (χ4n) is 2.36. The first kappa shape index (κ1) is 13.1. The quantitative estimate of drug-likeness (QED) is 0.648. The molecule has 0 saturated heterocycles. The number of anilines is 1. The number of nitrogens with zero attached hydrogens (tertiary/aromatic N) is 1. The van der Waals surface area contributed by atoms with Crippen molar-refractivity contribution in [2.24, 2.45) is 0 Å². The maximum Gasteiger partial charge on any atom is 0.253 e. The summed E-state index contributed by atoms with van der Waals surface area (Å²) in [7, 11) is 0. The number of hydrogen-bond donors (Lipinski definition) is 1. The smallest absolute Gasteiger partial charge is 0.253 e. The molecule has 1 N–H and O–H groups in total. The molecule has 1 aliphatic carbocycles. The Morgan fingerprint density at radius 2 is 1.44 bits per heavy atom. The van der Waals surface area contributed by atoms with E-state index in [1.807, 2.05) is 0 Å². The summed E-state index contributed by atoms with van der Waals surface area (Å²) in [6.07, 6.45) is 4.31. The SMILES string of the molecule is CC1(Nc2c(F)c(F)nc(F)c2F)CCCCC1. The topological polar surface area (TPSA) is 24.9 Å². The number of halogens is 4. The van der Waals surface area contributed by atoms with Crippen LogP contribution in [0.15, 0.2) is 0 Å². The monoisotopic (exact) mass is 262 g/mol. The van der Waals surface area contributed by atoms with E-state index >= 15 is 0 Å². The number of nitrogens with one attached hydrogen (secondary N) is 1. The summed E-state index contributed by atoms with van der Waals surface area (Å²) in [4.78, 5) is 2.53. The Balaban J connectivity index is 2.33. The predicted octanol–water partition coefficient (Wildman–Crippen LogP) is 3.77. The summed E-state index contributed by atoms with van der Waals surface area (Å²) in [6.45, 7) is 1.79. The summed E-state index contributed by atoms with van der Waals surface area (Å²) < 4.78 is 52.9. The molecule has 0 spiro atoms. The third-order valence-corrected chi connectivity index (χ3v) is 3.38. The lowest BCUT2D eigenvalue weighted by atomic mass is 9.83. The van der Waals surface area contributed by atoms with E-state index in [9.17, 15) is 17.6 Å². The number of hydrogen-bond acceptors (Lipinski definition) is 2. The molecular weight excluding hydrogens is 248 g/mol. The molecule has 0 atom stereocenters. The molecule has 100 valence electrons. The summed E-state index contributed by atoms with van der Waals surface area (Å²) in [5.74, 6) is -6.20. The number of rotatable bonds is 2. The van der Waals surface area contributed by atoms with Crippen molar-refractivity contribution in [1.29, 1.82) is 0 Å². The van der Waals surface area contributed by atoms with Gasteiger partial charge in [-0.15, -0.1) is 0 Å². The van der Waals surface area contributed by atoms with Crippen molar-refractivity contribution in [3.05, 3.63) is 23.5 Å². The second-order valence-corrected chi connectivity index (χ2v) is 4.94. The molecule has 2 rings (SSSR count). The Kier molecular flexibility index (Phi) is 3.45. The average molecular weight is 262 g/mol. The van der Waals surface area contributed by atoms with Crippen LogP contribution in [-0.2, 0) is 0 Å². The maximum atomic E-state index is 13.5. The van der Waals surface area contributed by atoms with E-state index in [4.69, 9.17) is 0 Å². The summed E-state index contributed by atoms with van der Waals surface area (Å²) in [5, 5.41) is 2.61. The highest BCUT2D eigenvalue weighted by Gasteiger charge is 2.30. The van der Waals surface area contributed by atoms with E-state index in [0.29, 0.717) is 12.8 Å². The van der Waals surface area contributed by atoms with Gasteiger partial charge in [-0.3, -0.25) is 0 Å². The second-order valence-electron chi connectivity index (χ2n) is 4.94. The van der Waals surface area contributed by atoms with Crippen LogP contribution in [0.2, 0.25) is 0 Å². The van der Waals surface area contributed by atoms with Crippen LogP contribution in [0.4, 0.5) is 23.2 Å². The van der Waals surface area contributed by atoms with Crippen LogP contribution in [0.1, 0.15) is 39.0 Å². The van der Waals surface area contributed by atoms with E-state index in [1.165, 1.54) is 0 Å². The van der Waals surface area contributed by atoms with Crippen LogP contribution >= 0.6 is 0 Å². The molecule has 1 saturated carbocycles. The molecule has 2 nitrogen and oxygen atoms in total. The lowest BCUT2D eigenvalue weighted by Crippen LogP contribution is -2.37. The zero-order valence-corrected chi connectivity index (χ0v) is 9.99. The number of aromatic nitrogens is 1. The van der Waals surface area contributed by atoms with Crippen molar-refractivity contribution < 1.29 is 17.6 Å². The van der Waals surface area contributed by atoms with Crippen LogP contribution in [-0.4, -0.2) is 10.5 Å². The molecule has 0 unspecified atom stereocenters. The zero-order valence-electron chi connectivity index (χ0n) is 9.99. The third kappa shape index (κ3) is 2.42. The van der Waals surface area contributed by atoms with Crippen LogP contribution in [0.3, 0.4) is 0 Å². The van der Waals surface area contributed by atoms with Crippen molar-refractivity contribution in [2.45, 2.75) is 44.6 Å². The Hall–Kier alpha value is -1.33. The first-order chi connectivity index (χ1) is 8.43. The summed E-state index contributed by atoms with van der Waals surface area (Å²) in [6, 6.07) is 0. The van der Waals surface area contributed by atoms with Gasteiger partial charge in [0.25, 0.3) is 11.9 Å². The first-order valence-corrected chi connectivity index (χ1v) is 5.91. The molecule has 18 heavy (non-hydrogen) atoms. The normalized spacial score (nSPS) is 18.7. The van der Waals surface area contributed by atoms with Crippen LogP contribution in [0.5, 0.6) is 0 Å². The molecule has 0 aliphatic heterocycles. The molecule has 0 bridgehead atoms.